The van der Waals surface area contributed by atoms with Crippen LogP contribution in [0.4, 0.5) is 0 Å². The molecule has 14 heavy (non-hydrogen) atoms. The van der Waals surface area contributed by atoms with Crippen molar-refractivity contribution in [3.8, 4) is 0 Å². The molecule has 80 valence electrons. The molecule has 1 saturated heterocycles. The number of nitrogens with one attached hydrogen (secondary N) is 2. The Kier molecular flexibility index (Phi) is 5.14. The highest BCUT2D eigenvalue weighted by molar-refractivity contribution is 9.11. The van der Waals surface area contributed by atoms with Gasteiger partial charge in [0, 0.05) is 37.2 Å². The lowest BCUT2D eigenvalue weighted by Crippen LogP contribution is -2.47. The third-order valence-corrected chi connectivity index (χ3v) is 2.33. The minimum Gasteiger partial charge on any atom is -0.350 e. The first-order valence-electron chi connectivity index (χ1n) is 4.71. The Labute approximate surface area is 92.9 Å². The molecule has 1 fully saturated rings. The van der Waals surface area contributed by atoms with Gasteiger partial charge in [0.2, 0.25) is 5.91 Å². The Bertz CT molecular complexity index is 214. The van der Waals surface area contributed by atoms with Gasteiger partial charge in [-0.15, -0.1) is 0 Å². The lowest BCUT2D eigenvalue weighted by atomic mass is 10.3. The van der Waals surface area contributed by atoms with Crippen molar-refractivity contribution in [1.29, 1.82) is 0 Å². The monoisotopic (exact) mass is 261 g/mol. The SMILES string of the molecule is C=C(Br)CNC(=O)CN1CCNCC1. The molecule has 0 unspecified atom stereocenters. The van der Waals surface area contributed by atoms with E-state index in [4.69, 9.17) is 0 Å². The second-order valence-corrected chi connectivity index (χ2v) is 4.44. The lowest BCUT2D eigenvalue weighted by molar-refractivity contribution is -0.122. The van der Waals surface area contributed by atoms with Crippen LogP contribution in [0.3, 0.4) is 0 Å². The van der Waals surface area contributed by atoms with Gasteiger partial charge < -0.3 is 10.6 Å². The molecule has 2 N–H and O–H groups in total. The smallest absolute Gasteiger partial charge is 0.234 e. The fraction of sp³-hybridized carbons (Fsp3) is 0.667. The van der Waals surface area contributed by atoms with E-state index >= 15 is 0 Å². The molecule has 1 aliphatic heterocycles. The number of hydrogen-bond donors (Lipinski definition) is 2. The van der Waals surface area contributed by atoms with E-state index in [1.807, 2.05) is 0 Å². The summed E-state index contributed by atoms with van der Waals surface area (Å²) in [4.78, 5) is 13.5. The van der Waals surface area contributed by atoms with Crippen LogP contribution in [0.5, 0.6) is 0 Å². The topological polar surface area (TPSA) is 44.4 Å². The van der Waals surface area contributed by atoms with Crippen LogP contribution in [-0.4, -0.2) is 50.1 Å². The normalized spacial score (nSPS) is 17.8. The molecular weight excluding hydrogens is 246 g/mol. The third kappa shape index (κ3) is 4.74. The van der Waals surface area contributed by atoms with Gasteiger partial charge >= 0.3 is 0 Å². The van der Waals surface area contributed by atoms with Crippen LogP contribution in [0.1, 0.15) is 0 Å². The number of rotatable bonds is 4. The van der Waals surface area contributed by atoms with Crippen LogP contribution < -0.4 is 10.6 Å². The van der Waals surface area contributed by atoms with Crippen LogP contribution in [0.2, 0.25) is 0 Å². The molecule has 0 aromatic rings. The maximum absolute atomic E-state index is 11.4. The van der Waals surface area contributed by atoms with E-state index in [1.54, 1.807) is 0 Å². The van der Waals surface area contributed by atoms with E-state index in [0.29, 0.717) is 13.1 Å². The maximum Gasteiger partial charge on any atom is 0.234 e. The standard InChI is InChI=1S/C9H16BrN3O/c1-8(10)6-12-9(14)7-13-4-2-11-3-5-13/h11H,1-7H2,(H,12,14). The summed E-state index contributed by atoms with van der Waals surface area (Å²) in [5.74, 6) is 0.0625. The summed E-state index contributed by atoms with van der Waals surface area (Å²) in [5, 5.41) is 6.03. The van der Waals surface area contributed by atoms with Crippen molar-refractivity contribution >= 4 is 21.8 Å². The van der Waals surface area contributed by atoms with Gasteiger partial charge in [-0.05, 0) is 0 Å². The Morgan fingerprint density at radius 3 is 2.71 bits per heavy atom. The first-order valence-corrected chi connectivity index (χ1v) is 5.51. The highest BCUT2D eigenvalue weighted by Gasteiger charge is 2.12. The van der Waals surface area contributed by atoms with Gasteiger partial charge in [0.25, 0.3) is 0 Å². The van der Waals surface area contributed by atoms with Gasteiger partial charge in [0.05, 0.1) is 6.54 Å². The molecule has 1 amide bonds. The van der Waals surface area contributed by atoms with Gasteiger partial charge in [-0.1, -0.05) is 22.5 Å². The van der Waals surface area contributed by atoms with E-state index in [0.717, 1.165) is 30.7 Å². The van der Waals surface area contributed by atoms with Gasteiger partial charge in [-0.2, -0.15) is 0 Å². The second kappa shape index (κ2) is 6.16. The fourth-order valence-corrected chi connectivity index (χ4v) is 1.46. The minimum absolute atomic E-state index is 0.0625. The maximum atomic E-state index is 11.4. The molecule has 4 nitrogen and oxygen atoms in total. The Morgan fingerprint density at radius 1 is 1.50 bits per heavy atom. The molecule has 1 aliphatic rings. The minimum atomic E-state index is 0.0625. The Balaban J connectivity index is 2.15. The van der Waals surface area contributed by atoms with Crippen LogP contribution in [0.15, 0.2) is 11.1 Å². The van der Waals surface area contributed by atoms with E-state index in [-0.39, 0.29) is 5.91 Å². The van der Waals surface area contributed by atoms with Gasteiger partial charge in [-0.3, -0.25) is 9.69 Å². The van der Waals surface area contributed by atoms with Gasteiger partial charge in [0.1, 0.15) is 0 Å². The summed E-state index contributed by atoms with van der Waals surface area (Å²) >= 11 is 3.20. The highest BCUT2D eigenvalue weighted by Crippen LogP contribution is 1.97. The van der Waals surface area contributed by atoms with E-state index < -0.39 is 0 Å². The molecule has 0 aromatic carbocycles. The third-order valence-electron chi connectivity index (χ3n) is 2.05. The second-order valence-electron chi connectivity index (χ2n) is 3.32. The molecular formula is C9H16BrN3O. The van der Waals surface area contributed by atoms with Crippen molar-refractivity contribution in [3.63, 3.8) is 0 Å². The molecule has 0 atom stereocenters. The molecule has 5 heteroatoms. The molecule has 0 aliphatic carbocycles. The lowest BCUT2D eigenvalue weighted by Gasteiger charge is -2.26. The number of halogens is 1. The predicted molar refractivity (Wildman–Crippen MR) is 60.4 cm³/mol. The zero-order valence-corrected chi connectivity index (χ0v) is 9.77. The summed E-state index contributed by atoms with van der Waals surface area (Å²) in [6, 6.07) is 0. The number of amides is 1. The first-order chi connectivity index (χ1) is 6.68. The first kappa shape index (κ1) is 11.7. The molecule has 0 radical (unpaired) electrons. The van der Waals surface area contributed by atoms with E-state index in [9.17, 15) is 4.79 Å². The average molecular weight is 262 g/mol. The quantitative estimate of drug-likeness (QED) is 0.744. The number of carbonyl (C=O) groups is 1. The molecule has 0 saturated carbocycles. The molecule has 0 spiro atoms. The Hall–Kier alpha value is -0.390. The van der Waals surface area contributed by atoms with Crippen molar-refractivity contribution in [3.05, 3.63) is 11.1 Å². The molecule has 1 rings (SSSR count). The van der Waals surface area contributed by atoms with Crippen molar-refractivity contribution in [1.82, 2.24) is 15.5 Å². The zero-order valence-electron chi connectivity index (χ0n) is 8.18. The predicted octanol–water partition coefficient (Wildman–Crippen LogP) is -0.0836. The van der Waals surface area contributed by atoms with E-state index in [2.05, 4.69) is 38.0 Å². The molecule has 1 heterocycles. The summed E-state index contributed by atoms with van der Waals surface area (Å²) in [5.41, 5.74) is 0. The van der Waals surface area contributed by atoms with Crippen LogP contribution in [0.25, 0.3) is 0 Å². The summed E-state index contributed by atoms with van der Waals surface area (Å²) in [6.07, 6.45) is 0. The van der Waals surface area contributed by atoms with Crippen molar-refractivity contribution < 1.29 is 4.79 Å². The Morgan fingerprint density at radius 2 is 2.14 bits per heavy atom. The van der Waals surface area contributed by atoms with Crippen molar-refractivity contribution in [2.24, 2.45) is 0 Å². The number of piperazine rings is 1. The van der Waals surface area contributed by atoms with Crippen LogP contribution >= 0.6 is 15.9 Å². The molecule has 0 bridgehead atoms. The number of hydrogen-bond acceptors (Lipinski definition) is 3. The largest absolute Gasteiger partial charge is 0.350 e. The van der Waals surface area contributed by atoms with Gasteiger partial charge in [-0.25, -0.2) is 0 Å². The fourth-order valence-electron chi connectivity index (χ4n) is 1.32. The molecule has 0 aromatic heterocycles. The van der Waals surface area contributed by atoms with E-state index in [1.165, 1.54) is 0 Å². The number of carbonyl (C=O) groups excluding carboxylic acids is 1. The van der Waals surface area contributed by atoms with Crippen molar-refractivity contribution in [2.75, 3.05) is 39.3 Å². The average Bonchev–Trinajstić information content (AvgIpc) is 2.16. The number of nitrogens with zero attached hydrogens (tertiary/aromatic N) is 1. The summed E-state index contributed by atoms with van der Waals surface area (Å²) in [7, 11) is 0. The summed E-state index contributed by atoms with van der Waals surface area (Å²) < 4.78 is 0.797. The van der Waals surface area contributed by atoms with Crippen LogP contribution in [0, 0.1) is 0 Å². The van der Waals surface area contributed by atoms with Crippen LogP contribution in [-0.2, 0) is 4.79 Å². The zero-order chi connectivity index (χ0) is 10.4. The summed E-state index contributed by atoms with van der Waals surface area (Å²) in [6.45, 7) is 8.48. The highest BCUT2D eigenvalue weighted by atomic mass is 79.9. The van der Waals surface area contributed by atoms with Gasteiger partial charge in [0.15, 0.2) is 0 Å². The van der Waals surface area contributed by atoms with Crippen molar-refractivity contribution in [2.45, 2.75) is 0 Å².